The number of halogens is 2. The number of hydrogen-bond donors (Lipinski definition) is 0. The number of hydrogen-bond acceptors (Lipinski definition) is 0. The first kappa shape index (κ1) is 10.5. The first-order valence-electron chi connectivity index (χ1n) is 4.60. The summed E-state index contributed by atoms with van der Waals surface area (Å²) in [6.07, 6.45) is 0. The quantitative estimate of drug-likeness (QED) is 0.669. The summed E-state index contributed by atoms with van der Waals surface area (Å²) < 4.78 is 0. The van der Waals surface area contributed by atoms with Crippen LogP contribution in [0, 0.1) is 13.0 Å². The molecule has 0 aromatic heterocycles. The van der Waals surface area contributed by atoms with Crippen molar-refractivity contribution < 1.29 is 0 Å². The van der Waals surface area contributed by atoms with Gasteiger partial charge in [-0.1, -0.05) is 47.0 Å². The van der Waals surface area contributed by atoms with Crippen LogP contribution in [-0.2, 0) is 0 Å². The molecule has 0 unspecified atom stereocenters. The molecule has 1 radical (unpaired) electrons. The lowest BCUT2D eigenvalue weighted by molar-refractivity contribution is 1.46. The summed E-state index contributed by atoms with van der Waals surface area (Å²) in [4.78, 5) is 0. The molecule has 0 aliphatic carbocycles. The zero-order chi connectivity index (χ0) is 10.8. The molecular weight excluding hydrogens is 227 g/mol. The van der Waals surface area contributed by atoms with E-state index in [0.717, 1.165) is 11.1 Å². The van der Waals surface area contributed by atoms with Gasteiger partial charge in [-0.15, -0.1) is 0 Å². The van der Waals surface area contributed by atoms with E-state index in [1.807, 2.05) is 31.2 Å². The monoisotopic (exact) mass is 235 g/mol. The fraction of sp³-hybridized carbons (Fsp3) is 0.0769. The Labute approximate surface area is 99.5 Å². The summed E-state index contributed by atoms with van der Waals surface area (Å²) in [5, 5.41) is 1.29. The molecule has 0 saturated carbocycles. The van der Waals surface area contributed by atoms with Crippen LogP contribution in [0.15, 0.2) is 36.4 Å². The Morgan fingerprint density at radius 2 is 1.67 bits per heavy atom. The zero-order valence-electron chi connectivity index (χ0n) is 8.22. The van der Waals surface area contributed by atoms with E-state index in [2.05, 4.69) is 12.1 Å². The van der Waals surface area contributed by atoms with Crippen LogP contribution in [0.25, 0.3) is 11.1 Å². The van der Waals surface area contributed by atoms with Crippen molar-refractivity contribution in [1.29, 1.82) is 0 Å². The molecule has 2 aromatic carbocycles. The summed E-state index contributed by atoms with van der Waals surface area (Å²) in [5.41, 5.74) is 3.20. The topological polar surface area (TPSA) is 0 Å². The molecule has 0 atom stereocenters. The molecule has 0 bridgehead atoms. The van der Waals surface area contributed by atoms with Gasteiger partial charge in [0.05, 0.1) is 0 Å². The minimum atomic E-state index is 0.646. The van der Waals surface area contributed by atoms with Gasteiger partial charge in [-0.3, -0.25) is 0 Å². The van der Waals surface area contributed by atoms with E-state index >= 15 is 0 Å². The molecule has 0 fully saturated rings. The van der Waals surface area contributed by atoms with Crippen molar-refractivity contribution in [3.05, 3.63) is 58.1 Å². The van der Waals surface area contributed by atoms with Gasteiger partial charge in [0, 0.05) is 10.0 Å². The van der Waals surface area contributed by atoms with Gasteiger partial charge in [-0.25, -0.2) is 0 Å². The Bertz CT molecular complexity index is 469. The first-order valence-corrected chi connectivity index (χ1v) is 5.35. The van der Waals surface area contributed by atoms with E-state index in [0.29, 0.717) is 10.0 Å². The van der Waals surface area contributed by atoms with Gasteiger partial charge in [0.15, 0.2) is 0 Å². The van der Waals surface area contributed by atoms with E-state index in [-0.39, 0.29) is 0 Å². The Morgan fingerprint density at radius 3 is 2.27 bits per heavy atom. The van der Waals surface area contributed by atoms with Crippen LogP contribution >= 0.6 is 23.2 Å². The molecule has 75 valence electrons. The normalized spacial score (nSPS) is 10.3. The molecule has 15 heavy (non-hydrogen) atoms. The van der Waals surface area contributed by atoms with Crippen LogP contribution in [0.4, 0.5) is 0 Å². The number of rotatable bonds is 1. The summed E-state index contributed by atoms with van der Waals surface area (Å²) in [6, 6.07) is 14.6. The SMILES string of the molecule is Cc1cc[c]c(-c2cc(Cl)cc(Cl)c2)c1. The second-order valence-corrected chi connectivity index (χ2v) is 4.31. The maximum atomic E-state index is 5.94. The lowest BCUT2D eigenvalue weighted by Crippen LogP contribution is -1.80. The minimum absolute atomic E-state index is 0.646. The largest absolute Gasteiger partial charge is 0.0843 e. The molecule has 0 heterocycles. The molecule has 0 aliphatic rings. The van der Waals surface area contributed by atoms with Gasteiger partial charge in [-0.2, -0.15) is 0 Å². The van der Waals surface area contributed by atoms with Crippen molar-refractivity contribution in [2.24, 2.45) is 0 Å². The second-order valence-electron chi connectivity index (χ2n) is 3.44. The van der Waals surface area contributed by atoms with Crippen molar-refractivity contribution in [3.63, 3.8) is 0 Å². The summed E-state index contributed by atoms with van der Waals surface area (Å²) >= 11 is 11.9. The third kappa shape index (κ3) is 2.53. The van der Waals surface area contributed by atoms with E-state index in [4.69, 9.17) is 23.2 Å². The highest BCUT2D eigenvalue weighted by Gasteiger charge is 2.01. The maximum Gasteiger partial charge on any atom is 0.0426 e. The minimum Gasteiger partial charge on any atom is -0.0843 e. The Balaban J connectivity index is 2.54. The Morgan fingerprint density at radius 1 is 1.00 bits per heavy atom. The van der Waals surface area contributed by atoms with Crippen LogP contribution in [0.3, 0.4) is 0 Å². The van der Waals surface area contributed by atoms with Crippen LogP contribution in [0.1, 0.15) is 5.56 Å². The molecule has 0 saturated heterocycles. The smallest absolute Gasteiger partial charge is 0.0426 e. The highest BCUT2D eigenvalue weighted by molar-refractivity contribution is 6.35. The molecule has 2 rings (SSSR count). The zero-order valence-corrected chi connectivity index (χ0v) is 9.73. The lowest BCUT2D eigenvalue weighted by Gasteiger charge is -2.03. The van der Waals surface area contributed by atoms with Gasteiger partial charge in [0.2, 0.25) is 0 Å². The highest BCUT2D eigenvalue weighted by atomic mass is 35.5. The van der Waals surface area contributed by atoms with Crippen molar-refractivity contribution in [1.82, 2.24) is 0 Å². The van der Waals surface area contributed by atoms with E-state index in [9.17, 15) is 0 Å². The van der Waals surface area contributed by atoms with Crippen molar-refractivity contribution in [2.75, 3.05) is 0 Å². The Kier molecular flexibility index (Phi) is 2.99. The van der Waals surface area contributed by atoms with E-state index in [1.165, 1.54) is 5.56 Å². The second kappa shape index (κ2) is 4.26. The van der Waals surface area contributed by atoms with Crippen LogP contribution in [-0.4, -0.2) is 0 Å². The van der Waals surface area contributed by atoms with Crippen LogP contribution in [0.2, 0.25) is 10.0 Å². The molecule has 0 N–H and O–H groups in total. The standard InChI is InChI=1S/C13H9Cl2/c1-9-3-2-4-10(5-9)11-6-12(14)8-13(15)7-11/h2-3,5-8H,1H3. The van der Waals surface area contributed by atoms with Gasteiger partial charge < -0.3 is 0 Å². The average molecular weight is 236 g/mol. The summed E-state index contributed by atoms with van der Waals surface area (Å²) in [5.74, 6) is 0. The fourth-order valence-corrected chi connectivity index (χ4v) is 1.98. The summed E-state index contributed by atoms with van der Waals surface area (Å²) in [7, 11) is 0. The molecule has 0 nitrogen and oxygen atoms in total. The van der Waals surface area contributed by atoms with Gasteiger partial charge in [0.25, 0.3) is 0 Å². The molecule has 0 amide bonds. The third-order valence-corrected chi connectivity index (χ3v) is 2.57. The predicted molar refractivity (Wildman–Crippen MR) is 65.5 cm³/mol. The van der Waals surface area contributed by atoms with Crippen LogP contribution < -0.4 is 0 Å². The summed E-state index contributed by atoms with van der Waals surface area (Å²) in [6.45, 7) is 2.05. The maximum absolute atomic E-state index is 5.94. The number of benzene rings is 2. The van der Waals surface area contributed by atoms with E-state index in [1.54, 1.807) is 6.07 Å². The van der Waals surface area contributed by atoms with Crippen molar-refractivity contribution in [3.8, 4) is 11.1 Å². The van der Waals surface area contributed by atoms with E-state index < -0.39 is 0 Å². The lowest BCUT2D eigenvalue weighted by atomic mass is 10.0. The molecule has 0 aliphatic heterocycles. The predicted octanol–water partition coefficient (Wildman–Crippen LogP) is 4.77. The van der Waals surface area contributed by atoms with Crippen molar-refractivity contribution >= 4 is 23.2 Å². The van der Waals surface area contributed by atoms with Gasteiger partial charge in [0.1, 0.15) is 0 Å². The van der Waals surface area contributed by atoms with Crippen LogP contribution in [0.5, 0.6) is 0 Å². The molecular formula is C13H9Cl2. The third-order valence-electron chi connectivity index (χ3n) is 2.13. The fourth-order valence-electron chi connectivity index (χ4n) is 1.46. The Hall–Kier alpha value is -0.980. The number of aryl methyl sites for hydroxylation is 1. The first-order chi connectivity index (χ1) is 7.15. The van der Waals surface area contributed by atoms with Crippen molar-refractivity contribution in [2.45, 2.75) is 6.92 Å². The average Bonchev–Trinajstić information content (AvgIpc) is 2.16. The molecule has 2 aromatic rings. The molecule has 2 heteroatoms. The molecule has 0 spiro atoms. The van der Waals surface area contributed by atoms with Gasteiger partial charge in [-0.05, 0) is 42.3 Å². The van der Waals surface area contributed by atoms with Gasteiger partial charge >= 0.3 is 0 Å². The highest BCUT2D eigenvalue weighted by Crippen LogP contribution is 2.27.